The van der Waals surface area contributed by atoms with Crippen LogP contribution in [0, 0.1) is 16.0 Å². The second-order valence-electron chi connectivity index (χ2n) is 5.05. The third-order valence-electron chi connectivity index (χ3n) is 3.60. The van der Waals surface area contributed by atoms with Crippen molar-refractivity contribution < 1.29 is 14.8 Å². The number of allylic oxidation sites excluding steroid dienone is 1. The van der Waals surface area contributed by atoms with Crippen molar-refractivity contribution in [3.63, 3.8) is 0 Å². The average Bonchev–Trinajstić information content (AvgIpc) is 2.21. The van der Waals surface area contributed by atoms with Gasteiger partial charge in [-0.05, 0) is 39.0 Å². The summed E-state index contributed by atoms with van der Waals surface area (Å²) in [5.74, 6) is 0.331. The van der Waals surface area contributed by atoms with Crippen LogP contribution in [0.25, 0.3) is 0 Å². The van der Waals surface area contributed by atoms with Gasteiger partial charge in [0, 0.05) is 4.92 Å². The van der Waals surface area contributed by atoms with Gasteiger partial charge in [0.15, 0.2) is 0 Å². The van der Waals surface area contributed by atoms with Gasteiger partial charge in [0.25, 0.3) is 0 Å². The van der Waals surface area contributed by atoms with E-state index in [1.165, 1.54) is 0 Å². The number of nitrogens with zero attached hydrogens (tertiary/aromatic N) is 1. The molecule has 1 rings (SSSR count). The molecule has 1 saturated carbocycles. The molecule has 0 aliphatic heterocycles. The Morgan fingerprint density at radius 1 is 1.71 bits per heavy atom. The van der Waals surface area contributed by atoms with Gasteiger partial charge in [-0.2, -0.15) is 0 Å². The Morgan fingerprint density at radius 2 is 2.35 bits per heavy atom. The number of aliphatic hydroxyl groups excluding tert-OH is 1. The smallest absolute Gasteiger partial charge is 0.226 e. The lowest BCUT2D eigenvalue weighted by molar-refractivity contribution is -0.485. The minimum Gasteiger partial charge on any atom is -0.390 e. The monoisotopic (exact) mass is 243 g/mol. The minimum absolute atomic E-state index is 0.0539. The first-order valence-corrected chi connectivity index (χ1v) is 5.94. The molecule has 0 heterocycles. The largest absolute Gasteiger partial charge is 0.390 e. The van der Waals surface area contributed by atoms with Crippen molar-refractivity contribution in [2.75, 3.05) is 13.2 Å². The van der Waals surface area contributed by atoms with Crippen LogP contribution < -0.4 is 0 Å². The van der Waals surface area contributed by atoms with E-state index in [0.717, 1.165) is 12.0 Å². The van der Waals surface area contributed by atoms with E-state index >= 15 is 0 Å². The molecule has 1 N–H and O–H groups in total. The molecule has 3 atom stereocenters. The van der Waals surface area contributed by atoms with Gasteiger partial charge in [0.1, 0.15) is 6.61 Å². The van der Waals surface area contributed by atoms with E-state index < -0.39 is 16.6 Å². The number of hydrogen-bond donors (Lipinski definition) is 1. The van der Waals surface area contributed by atoms with Crippen molar-refractivity contribution in [1.29, 1.82) is 0 Å². The van der Waals surface area contributed by atoms with Crippen molar-refractivity contribution in [2.24, 2.45) is 5.92 Å². The lowest BCUT2D eigenvalue weighted by Gasteiger charge is -2.41. The fourth-order valence-corrected chi connectivity index (χ4v) is 2.23. The van der Waals surface area contributed by atoms with Crippen molar-refractivity contribution in [3.8, 4) is 0 Å². The summed E-state index contributed by atoms with van der Waals surface area (Å²) in [6.07, 6.45) is 1.68. The maximum Gasteiger partial charge on any atom is 0.226 e. The SMILES string of the molecule is C=C(C)[C@H]1CC[C@@](C)(OCC[N+](=O)[O-])[C@H](O)C1. The zero-order valence-electron chi connectivity index (χ0n) is 10.5. The van der Waals surface area contributed by atoms with Crippen LogP contribution in [0.15, 0.2) is 12.2 Å². The second kappa shape index (κ2) is 5.60. The van der Waals surface area contributed by atoms with Gasteiger partial charge in [-0.15, -0.1) is 0 Å². The number of ether oxygens (including phenoxy) is 1. The first-order valence-electron chi connectivity index (χ1n) is 5.94. The first-order chi connectivity index (χ1) is 7.85. The van der Waals surface area contributed by atoms with Crippen LogP contribution in [0.1, 0.15) is 33.1 Å². The highest BCUT2D eigenvalue weighted by Gasteiger charge is 2.40. The van der Waals surface area contributed by atoms with Crippen LogP contribution in [0.3, 0.4) is 0 Å². The molecule has 1 fully saturated rings. The van der Waals surface area contributed by atoms with Crippen molar-refractivity contribution in [1.82, 2.24) is 0 Å². The van der Waals surface area contributed by atoms with Gasteiger partial charge in [-0.25, -0.2) is 0 Å². The molecule has 0 spiro atoms. The van der Waals surface area contributed by atoms with E-state index in [1.807, 2.05) is 13.8 Å². The van der Waals surface area contributed by atoms with Crippen LogP contribution >= 0.6 is 0 Å². The predicted octanol–water partition coefficient (Wildman–Crippen LogP) is 1.78. The Bertz CT molecular complexity index is 301. The van der Waals surface area contributed by atoms with Gasteiger partial charge < -0.3 is 9.84 Å². The molecule has 0 aromatic heterocycles. The lowest BCUT2D eigenvalue weighted by Crippen LogP contribution is -2.47. The molecule has 0 aromatic carbocycles. The predicted molar refractivity (Wildman–Crippen MR) is 64.4 cm³/mol. The highest BCUT2D eigenvalue weighted by atomic mass is 16.6. The zero-order valence-corrected chi connectivity index (χ0v) is 10.5. The molecule has 0 radical (unpaired) electrons. The summed E-state index contributed by atoms with van der Waals surface area (Å²) in [5.41, 5.74) is 0.429. The van der Waals surface area contributed by atoms with Gasteiger partial charge >= 0.3 is 0 Å². The lowest BCUT2D eigenvalue weighted by atomic mass is 9.75. The number of nitro groups is 1. The molecule has 0 unspecified atom stereocenters. The van der Waals surface area contributed by atoms with Gasteiger partial charge in [-0.3, -0.25) is 10.1 Å². The van der Waals surface area contributed by atoms with Crippen LogP contribution in [-0.2, 0) is 4.74 Å². The average molecular weight is 243 g/mol. The quantitative estimate of drug-likeness (QED) is 0.454. The second-order valence-corrected chi connectivity index (χ2v) is 5.05. The Kier molecular flexibility index (Phi) is 4.65. The summed E-state index contributed by atoms with van der Waals surface area (Å²) >= 11 is 0. The third kappa shape index (κ3) is 3.78. The van der Waals surface area contributed by atoms with Crippen molar-refractivity contribution >= 4 is 0 Å². The number of rotatable bonds is 5. The molecule has 5 nitrogen and oxygen atoms in total. The topological polar surface area (TPSA) is 72.6 Å². The maximum absolute atomic E-state index is 10.2. The normalized spacial score (nSPS) is 33.4. The van der Waals surface area contributed by atoms with Gasteiger partial charge in [0.2, 0.25) is 6.54 Å². The minimum atomic E-state index is -0.651. The number of aliphatic hydroxyl groups is 1. The molecule has 0 aromatic rings. The van der Waals surface area contributed by atoms with E-state index in [0.29, 0.717) is 18.8 Å². The third-order valence-corrected chi connectivity index (χ3v) is 3.60. The highest BCUT2D eigenvalue weighted by molar-refractivity contribution is 5.03. The zero-order chi connectivity index (χ0) is 13.1. The first kappa shape index (κ1) is 14.1. The molecular weight excluding hydrogens is 222 g/mol. The summed E-state index contributed by atoms with van der Waals surface area (Å²) < 4.78 is 5.50. The van der Waals surface area contributed by atoms with E-state index in [2.05, 4.69) is 6.58 Å². The Morgan fingerprint density at radius 3 is 2.82 bits per heavy atom. The molecule has 0 amide bonds. The highest BCUT2D eigenvalue weighted by Crippen LogP contribution is 2.37. The van der Waals surface area contributed by atoms with Crippen molar-refractivity contribution in [3.05, 3.63) is 22.3 Å². The van der Waals surface area contributed by atoms with Crippen LogP contribution in [0.4, 0.5) is 0 Å². The van der Waals surface area contributed by atoms with Gasteiger partial charge in [0.05, 0.1) is 11.7 Å². The van der Waals surface area contributed by atoms with Crippen LogP contribution in [0.2, 0.25) is 0 Å². The Hall–Kier alpha value is -0.940. The van der Waals surface area contributed by atoms with Gasteiger partial charge in [-0.1, -0.05) is 12.2 Å². The summed E-state index contributed by atoms with van der Waals surface area (Å²) in [6, 6.07) is 0. The molecular formula is C12H21NO4. The Balaban J connectivity index is 2.48. The summed E-state index contributed by atoms with van der Waals surface area (Å²) in [5, 5.41) is 20.3. The summed E-state index contributed by atoms with van der Waals surface area (Å²) in [6.45, 7) is 7.53. The summed E-state index contributed by atoms with van der Waals surface area (Å²) in [4.78, 5) is 9.81. The van der Waals surface area contributed by atoms with E-state index in [4.69, 9.17) is 4.74 Å². The van der Waals surface area contributed by atoms with Crippen molar-refractivity contribution in [2.45, 2.75) is 44.8 Å². The van der Waals surface area contributed by atoms with E-state index in [1.54, 1.807) is 0 Å². The van der Waals surface area contributed by atoms with E-state index in [9.17, 15) is 15.2 Å². The van der Waals surface area contributed by atoms with Crippen LogP contribution in [0.5, 0.6) is 0 Å². The summed E-state index contributed by atoms with van der Waals surface area (Å²) in [7, 11) is 0. The molecule has 1 aliphatic rings. The standard InChI is InChI=1S/C12H21NO4/c1-9(2)10-4-5-12(3,11(14)8-10)17-7-6-13(15)16/h10-11,14H,1,4-8H2,2-3H3/t10-,11+,12+/m0/s1. The molecule has 0 bridgehead atoms. The fourth-order valence-electron chi connectivity index (χ4n) is 2.23. The molecule has 98 valence electrons. The Labute approximate surface area is 102 Å². The fraction of sp³-hybridized carbons (Fsp3) is 0.833. The molecule has 5 heteroatoms. The van der Waals surface area contributed by atoms with E-state index in [-0.39, 0.29) is 13.2 Å². The maximum atomic E-state index is 10.2. The molecule has 1 aliphatic carbocycles. The molecule has 17 heavy (non-hydrogen) atoms. The van der Waals surface area contributed by atoms with Crippen LogP contribution in [-0.4, -0.2) is 34.9 Å². The number of hydrogen-bond acceptors (Lipinski definition) is 4. The molecule has 0 saturated heterocycles.